The molecule has 2 aliphatic heterocycles. The van der Waals surface area contributed by atoms with E-state index in [0.717, 1.165) is 44.0 Å². The number of alkyl halides is 3. The van der Waals surface area contributed by atoms with Crippen LogP contribution in [0.4, 0.5) is 13.2 Å². The van der Waals surface area contributed by atoms with Crippen molar-refractivity contribution in [2.45, 2.75) is 68.0 Å². The summed E-state index contributed by atoms with van der Waals surface area (Å²) in [5.74, 6) is -1.84. The summed E-state index contributed by atoms with van der Waals surface area (Å²) in [5, 5.41) is 12.2. The van der Waals surface area contributed by atoms with E-state index in [2.05, 4.69) is 17.4 Å². The highest BCUT2D eigenvalue weighted by Crippen LogP contribution is 2.40. The van der Waals surface area contributed by atoms with Crippen LogP contribution < -0.4 is 5.32 Å². The maximum atomic E-state index is 13.0. The molecule has 4 atom stereocenters. The predicted octanol–water partition coefficient (Wildman–Crippen LogP) is 7.35. The van der Waals surface area contributed by atoms with Crippen molar-refractivity contribution in [3.63, 3.8) is 0 Å². The van der Waals surface area contributed by atoms with Crippen molar-refractivity contribution in [1.82, 2.24) is 10.2 Å². The van der Waals surface area contributed by atoms with Crippen molar-refractivity contribution in [1.29, 1.82) is 0 Å². The van der Waals surface area contributed by atoms with Gasteiger partial charge in [0.25, 0.3) is 0 Å². The first-order valence-electron chi connectivity index (χ1n) is 16.2. The number of amides is 2. The lowest BCUT2D eigenvalue weighted by Crippen LogP contribution is -2.50. The number of likely N-dealkylation sites (tertiary alicyclic amines) is 1. The van der Waals surface area contributed by atoms with Gasteiger partial charge in [-0.1, -0.05) is 78.9 Å². The van der Waals surface area contributed by atoms with Gasteiger partial charge in [-0.15, -0.1) is 11.8 Å². The molecule has 256 valence electrons. The van der Waals surface area contributed by atoms with Gasteiger partial charge < -0.3 is 24.8 Å². The number of rotatable bonds is 10. The fourth-order valence-corrected chi connectivity index (χ4v) is 7.15. The minimum absolute atomic E-state index is 0.0314. The van der Waals surface area contributed by atoms with Crippen molar-refractivity contribution in [2.24, 2.45) is 0 Å². The van der Waals surface area contributed by atoms with Gasteiger partial charge in [0, 0.05) is 35.7 Å². The first-order valence-corrected chi connectivity index (χ1v) is 17.2. The van der Waals surface area contributed by atoms with E-state index in [0.29, 0.717) is 17.7 Å². The number of aliphatic hydroxyl groups is 1. The molecular weight excluding hydrogens is 653 g/mol. The van der Waals surface area contributed by atoms with Crippen molar-refractivity contribution in [2.75, 3.05) is 12.3 Å². The SMILES string of the molecule is O=C(NCc1cccc(-c2cccc([C@@H]3O[C@H](CSc4ccccc4)C[C@H](c4ccc(CO)cc4)O3)c2)c1)[C@@H]1CCCN1C(=O)C(F)(F)F. The van der Waals surface area contributed by atoms with Crippen LogP contribution in [0, 0.1) is 0 Å². The van der Waals surface area contributed by atoms with Gasteiger partial charge in [0.1, 0.15) is 6.04 Å². The minimum Gasteiger partial charge on any atom is -0.392 e. The Morgan fingerprint density at radius 3 is 2.33 bits per heavy atom. The van der Waals surface area contributed by atoms with Crippen LogP contribution in [-0.4, -0.2) is 52.4 Å². The highest BCUT2D eigenvalue weighted by Gasteiger charge is 2.47. The van der Waals surface area contributed by atoms with E-state index in [1.807, 2.05) is 91.0 Å². The fourth-order valence-electron chi connectivity index (χ4n) is 6.21. The van der Waals surface area contributed by atoms with E-state index >= 15 is 0 Å². The zero-order valence-electron chi connectivity index (χ0n) is 26.6. The van der Waals surface area contributed by atoms with Crippen LogP contribution in [0.15, 0.2) is 108 Å². The molecule has 11 heteroatoms. The second-order valence-electron chi connectivity index (χ2n) is 12.2. The van der Waals surface area contributed by atoms with Gasteiger partial charge in [0.05, 0.1) is 18.8 Å². The van der Waals surface area contributed by atoms with E-state index in [1.54, 1.807) is 11.8 Å². The summed E-state index contributed by atoms with van der Waals surface area (Å²) in [7, 11) is 0. The highest BCUT2D eigenvalue weighted by atomic mass is 32.2. The molecule has 7 nitrogen and oxygen atoms in total. The molecule has 0 radical (unpaired) electrons. The Labute approximate surface area is 287 Å². The number of halogens is 3. The zero-order valence-corrected chi connectivity index (χ0v) is 27.5. The summed E-state index contributed by atoms with van der Waals surface area (Å²) in [6, 6.07) is 32.2. The smallest absolute Gasteiger partial charge is 0.392 e. The fraction of sp³-hybridized carbons (Fsp3) is 0.316. The molecule has 2 N–H and O–H groups in total. The molecule has 0 aromatic heterocycles. The van der Waals surface area contributed by atoms with Crippen molar-refractivity contribution in [3.8, 4) is 11.1 Å². The van der Waals surface area contributed by atoms with Gasteiger partial charge in [-0.05, 0) is 64.9 Å². The number of aliphatic hydroxyl groups excluding tert-OH is 1. The molecular formula is C38H37F3N2O5S. The third-order valence-corrected chi connectivity index (χ3v) is 9.88. The molecule has 2 amide bonds. The van der Waals surface area contributed by atoms with Crippen molar-refractivity contribution < 1.29 is 37.3 Å². The van der Waals surface area contributed by atoms with E-state index in [9.17, 15) is 27.9 Å². The standard InChI is InChI=1S/C38H37F3N2O5S/c39-38(40,41)37(46)43-18-6-13-33(43)35(45)42-22-26-7-4-8-28(19-26)29-9-5-10-30(20-29)36-47-31(24-49-32-11-2-1-3-12-32)21-34(48-36)27-16-14-25(23-44)15-17-27/h1-5,7-12,14-17,19-20,31,33-34,36,44H,6,13,18,21-24H2,(H,42,45)/t31-,33-,34+,36+/m0/s1. The van der Waals surface area contributed by atoms with E-state index in [-0.39, 0.29) is 38.3 Å². The minimum atomic E-state index is -5.02. The van der Waals surface area contributed by atoms with Crippen LogP contribution in [0.2, 0.25) is 0 Å². The maximum Gasteiger partial charge on any atom is 0.471 e. The van der Waals surface area contributed by atoms with Gasteiger partial charge in [-0.25, -0.2) is 0 Å². The lowest BCUT2D eigenvalue weighted by atomic mass is 9.99. The van der Waals surface area contributed by atoms with Crippen LogP contribution in [-0.2, 0) is 32.2 Å². The van der Waals surface area contributed by atoms with Gasteiger partial charge in [-0.3, -0.25) is 9.59 Å². The van der Waals surface area contributed by atoms with Gasteiger partial charge in [0.2, 0.25) is 5.91 Å². The number of carbonyl (C=O) groups is 2. The molecule has 2 saturated heterocycles. The molecule has 0 saturated carbocycles. The zero-order chi connectivity index (χ0) is 34.4. The molecule has 2 heterocycles. The quantitative estimate of drug-likeness (QED) is 0.169. The summed E-state index contributed by atoms with van der Waals surface area (Å²) < 4.78 is 52.2. The molecule has 0 spiro atoms. The number of nitrogens with zero attached hydrogens (tertiary/aromatic N) is 1. The summed E-state index contributed by atoms with van der Waals surface area (Å²) in [5.41, 5.74) is 5.23. The van der Waals surface area contributed by atoms with Crippen LogP contribution in [0.3, 0.4) is 0 Å². The summed E-state index contributed by atoms with van der Waals surface area (Å²) in [6.45, 7) is -0.0281. The van der Waals surface area contributed by atoms with Crippen molar-refractivity contribution >= 4 is 23.6 Å². The van der Waals surface area contributed by atoms with E-state index < -0.39 is 30.3 Å². The highest BCUT2D eigenvalue weighted by molar-refractivity contribution is 7.99. The Morgan fingerprint density at radius 2 is 1.59 bits per heavy atom. The van der Waals surface area contributed by atoms with Crippen LogP contribution in [0.1, 0.15) is 53.9 Å². The Morgan fingerprint density at radius 1 is 0.857 bits per heavy atom. The molecule has 0 bridgehead atoms. The summed E-state index contributed by atoms with van der Waals surface area (Å²) in [4.78, 5) is 26.4. The Hall–Kier alpha value is -4.16. The topological polar surface area (TPSA) is 88.1 Å². The van der Waals surface area contributed by atoms with E-state index in [1.165, 1.54) is 0 Å². The lowest BCUT2D eigenvalue weighted by Gasteiger charge is -2.36. The lowest BCUT2D eigenvalue weighted by molar-refractivity contribution is -0.245. The third kappa shape index (κ3) is 8.72. The molecule has 0 aliphatic carbocycles. The molecule has 0 unspecified atom stereocenters. The molecule has 2 fully saturated rings. The number of nitrogens with one attached hydrogen (secondary N) is 1. The normalized spacial score (nSPS) is 21.0. The Kier molecular flexibility index (Phi) is 11.0. The molecule has 4 aromatic rings. The van der Waals surface area contributed by atoms with Gasteiger partial charge in [0.15, 0.2) is 6.29 Å². The summed E-state index contributed by atoms with van der Waals surface area (Å²) >= 11 is 1.73. The Bertz CT molecular complexity index is 1740. The monoisotopic (exact) mass is 690 g/mol. The van der Waals surface area contributed by atoms with Gasteiger partial charge in [-0.2, -0.15) is 13.2 Å². The largest absolute Gasteiger partial charge is 0.471 e. The second kappa shape index (κ2) is 15.6. The van der Waals surface area contributed by atoms with Crippen LogP contribution >= 0.6 is 11.8 Å². The first kappa shape index (κ1) is 34.7. The number of ether oxygens (including phenoxy) is 2. The second-order valence-corrected chi connectivity index (χ2v) is 13.3. The average molecular weight is 691 g/mol. The maximum absolute atomic E-state index is 13.0. The van der Waals surface area contributed by atoms with Crippen molar-refractivity contribution in [3.05, 3.63) is 125 Å². The van der Waals surface area contributed by atoms with Crippen LogP contribution in [0.25, 0.3) is 11.1 Å². The summed E-state index contributed by atoms with van der Waals surface area (Å²) in [6.07, 6.45) is -4.76. The molecule has 6 rings (SSSR count). The third-order valence-electron chi connectivity index (χ3n) is 8.74. The van der Waals surface area contributed by atoms with E-state index in [4.69, 9.17) is 9.47 Å². The Balaban J connectivity index is 1.16. The first-order chi connectivity index (χ1) is 23.7. The van der Waals surface area contributed by atoms with Gasteiger partial charge >= 0.3 is 12.1 Å². The van der Waals surface area contributed by atoms with Crippen LogP contribution in [0.5, 0.6) is 0 Å². The number of hydrogen-bond acceptors (Lipinski definition) is 6. The predicted molar refractivity (Wildman–Crippen MR) is 180 cm³/mol. The molecule has 49 heavy (non-hydrogen) atoms. The number of thioether (sulfide) groups is 1. The number of carbonyl (C=O) groups excluding carboxylic acids is 2. The number of benzene rings is 4. The molecule has 4 aromatic carbocycles. The number of hydrogen-bond donors (Lipinski definition) is 2. The molecule has 2 aliphatic rings. The average Bonchev–Trinajstić information content (AvgIpc) is 3.63.